The Bertz CT molecular complexity index is 2330. The summed E-state index contributed by atoms with van der Waals surface area (Å²) in [7, 11) is -1.37. The molecule has 0 radical (unpaired) electrons. The van der Waals surface area contributed by atoms with Crippen molar-refractivity contribution in [1.82, 2.24) is 29.0 Å². The van der Waals surface area contributed by atoms with E-state index in [1.807, 2.05) is 5.32 Å². The first kappa shape index (κ1) is 42.5. The van der Waals surface area contributed by atoms with E-state index in [4.69, 9.17) is 26.2 Å². The standard InChI is InChI=1S/C15H15ClFN3O3S2.C14H12F3N5O7S/c1-23-13(21)8-24-12-7-11(10(17)6-9(12)16)18-14-19-4-2-3-5-20(19)15(22)25-14;1-28-8-5-9(29-2)20-12(19-8)21-13(25)22-30(26,27)10-6(11(23)24)3-4-7(18-10)14(15,16)17/h6-7H,2-5,8H2,1H3;3-5H,1-2H3,(H,23,24)(H2,19,20,21,22,25)/b18-14-;. The Morgan fingerprint density at radius 1 is 1.04 bits per heavy atom. The summed E-state index contributed by atoms with van der Waals surface area (Å²) in [5, 5.41) is 9.64. The summed E-state index contributed by atoms with van der Waals surface area (Å²) < 4.78 is 96.4. The van der Waals surface area contributed by atoms with E-state index in [0.717, 1.165) is 42.0 Å². The highest BCUT2D eigenvalue weighted by Crippen LogP contribution is 2.33. The van der Waals surface area contributed by atoms with Gasteiger partial charge in [0.2, 0.25) is 22.5 Å². The molecule has 1 aliphatic rings. The minimum absolute atomic E-state index is 0.0605. The number of ether oxygens (including phenoxy) is 3. The Hall–Kier alpha value is -5.27. The van der Waals surface area contributed by atoms with Crippen LogP contribution in [0.2, 0.25) is 5.02 Å². The molecule has 26 heteroatoms. The van der Waals surface area contributed by atoms with Crippen LogP contribution >= 0.6 is 34.7 Å². The van der Waals surface area contributed by atoms with E-state index >= 15 is 0 Å². The number of methoxy groups -OCH3 is 3. The van der Waals surface area contributed by atoms with Crippen molar-refractivity contribution in [3.8, 4) is 11.8 Å². The molecule has 0 atom stereocenters. The number of carboxylic acids is 1. The number of fused-ring (bicyclic) bond motifs is 1. The highest BCUT2D eigenvalue weighted by atomic mass is 35.5. The number of nitrogens with zero attached hydrogens (tertiary/aromatic N) is 6. The number of amides is 2. The lowest BCUT2D eigenvalue weighted by Gasteiger charge is -2.15. The molecule has 0 aliphatic carbocycles. The largest absolute Gasteiger partial charge is 0.481 e. The van der Waals surface area contributed by atoms with Gasteiger partial charge in [-0.25, -0.2) is 33.4 Å². The van der Waals surface area contributed by atoms with Crippen molar-refractivity contribution in [2.24, 2.45) is 4.99 Å². The topological polar surface area (TPSA) is 235 Å². The van der Waals surface area contributed by atoms with Crippen molar-refractivity contribution < 1.29 is 59.7 Å². The number of halogens is 5. The van der Waals surface area contributed by atoms with E-state index in [1.165, 1.54) is 38.2 Å². The van der Waals surface area contributed by atoms with Gasteiger partial charge in [0.1, 0.15) is 17.2 Å². The van der Waals surface area contributed by atoms with Gasteiger partial charge in [-0.3, -0.25) is 19.6 Å². The number of aromatic nitrogens is 5. The number of urea groups is 1. The quantitative estimate of drug-likeness (QED) is 0.117. The molecule has 1 aliphatic heterocycles. The molecule has 5 rings (SSSR count). The fourth-order valence-corrected chi connectivity index (χ4v) is 7.41. The summed E-state index contributed by atoms with van der Waals surface area (Å²) in [5.41, 5.74) is -2.67. The Morgan fingerprint density at radius 2 is 1.67 bits per heavy atom. The average molecular weight is 855 g/mol. The van der Waals surface area contributed by atoms with Crippen molar-refractivity contribution in [2.75, 3.05) is 32.4 Å². The summed E-state index contributed by atoms with van der Waals surface area (Å²) in [5.74, 6) is -3.40. The molecule has 1 aromatic carbocycles. The lowest BCUT2D eigenvalue weighted by atomic mass is 10.2. The van der Waals surface area contributed by atoms with Crippen LogP contribution < -0.4 is 29.2 Å². The van der Waals surface area contributed by atoms with Gasteiger partial charge < -0.3 is 19.3 Å². The second kappa shape index (κ2) is 17.9. The smallest absolute Gasteiger partial charge is 0.433 e. The summed E-state index contributed by atoms with van der Waals surface area (Å²) in [4.78, 5) is 61.9. The summed E-state index contributed by atoms with van der Waals surface area (Å²) in [6.45, 7) is 1.32. The fraction of sp³-hybridized carbons (Fsp3) is 0.310. The van der Waals surface area contributed by atoms with Gasteiger partial charge in [-0.1, -0.05) is 11.6 Å². The number of hydrogen-bond donors (Lipinski definition) is 3. The number of benzene rings is 1. The van der Waals surface area contributed by atoms with Gasteiger partial charge in [0.05, 0.1) is 43.7 Å². The highest BCUT2D eigenvalue weighted by molar-refractivity contribution is 8.00. The molecule has 0 bridgehead atoms. The zero-order valence-electron chi connectivity index (χ0n) is 28.3. The SMILES string of the molecule is COC(=O)CSc1cc(/N=c2\sc(=O)n3n2CCCC3)c(F)cc1Cl.COc1cc(OC)nc(NC(=O)NS(=O)(=O)c2nc(C(F)(F)F)ccc2C(=O)O)n1. The van der Waals surface area contributed by atoms with Crippen molar-refractivity contribution in [1.29, 1.82) is 0 Å². The van der Waals surface area contributed by atoms with Gasteiger partial charge in [-0.2, -0.15) is 31.6 Å². The number of thioether (sulfide) groups is 1. The normalized spacial score (nSPS) is 12.8. The van der Waals surface area contributed by atoms with Crippen LogP contribution in [0.25, 0.3) is 0 Å². The zero-order chi connectivity index (χ0) is 40.7. The van der Waals surface area contributed by atoms with Crippen LogP contribution in [-0.4, -0.2) is 82.9 Å². The Balaban J connectivity index is 0.000000248. The van der Waals surface area contributed by atoms with E-state index in [-0.39, 0.29) is 33.1 Å². The molecule has 18 nitrogen and oxygen atoms in total. The number of nitrogens with one attached hydrogen (secondary N) is 2. The van der Waals surface area contributed by atoms with Crippen LogP contribution in [0, 0.1) is 5.82 Å². The van der Waals surface area contributed by atoms with Crippen LogP contribution in [0.3, 0.4) is 0 Å². The summed E-state index contributed by atoms with van der Waals surface area (Å²) in [6, 6.07) is 3.07. The third-order valence-corrected chi connectivity index (χ3v) is 10.5. The first-order valence-electron chi connectivity index (χ1n) is 15.0. The number of pyridine rings is 1. The van der Waals surface area contributed by atoms with Crippen LogP contribution in [0.1, 0.15) is 28.9 Å². The molecule has 0 saturated heterocycles. The molecule has 0 spiro atoms. The van der Waals surface area contributed by atoms with Crippen LogP contribution in [0.4, 0.5) is 34.0 Å². The molecule has 4 aromatic rings. The molecular weight excluding hydrogens is 828 g/mol. The maximum Gasteiger partial charge on any atom is 0.433 e. The third-order valence-electron chi connectivity index (χ3n) is 6.87. The predicted molar refractivity (Wildman–Crippen MR) is 186 cm³/mol. The number of anilines is 1. The second-order valence-electron chi connectivity index (χ2n) is 10.5. The van der Waals surface area contributed by atoms with E-state index < -0.39 is 62.2 Å². The molecule has 0 saturated carbocycles. The van der Waals surface area contributed by atoms with E-state index in [1.54, 1.807) is 9.36 Å². The molecule has 3 N–H and O–H groups in total. The highest BCUT2D eigenvalue weighted by Gasteiger charge is 2.36. The van der Waals surface area contributed by atoms with Crippen molar-refractivity contribution in [3.05, 3.63) is 66.9 Å². The monoisotopic (exact) mass is 854 g/mol. The number of hydrogen-bond acceptors (Lipinski definition) is 15. The van der Waals surface area contributed by atoms with Crippen molar-refractivity contribution >= 4 is 74.3 Å². The predicted octanol–water partition coefficient (Wildman–Crippen LogP) is 3.91. The number of carbonyl (C=O) groups is 3. The number of sulfonamides is 1. The minimum atomic E-state index is -5.14. The fourth-order valence-electron chi connectivity index (χ4n) is 4.36. The molecule has 0 fully saturated rings. The number of alkyl halides is 3. The minimum Gasteiger partial charge on any atom is -0.481 e. The van der Waals surface area contributed by atoms with Gasteiger partial charge in [-0.15, -0.1) is 11.8 Å². The number of carbonyl (C=O) groups excluding carboxylic acids is 2. The Kier molecular flexibility index (Phi) is 13.8. The molecule has 2 amide bonds. The number of carboxylic acid groups (broad SMARTS) is 1. The van der Waals surface area contributed by atoms with Gasteiger partial charge >= 0.3 is 29.0 Å². The Morgan fingerprint density at radius 3 is 2.25 bits per heavy atom. The Labute approximate surface area is 320 Å². The number of rotatable bonds is 10. The maximum atomic E-state index is 14.3. The average Bonchev–Trinajstić information content (AvgIpc) is 3.45. The van der Waals surface area contributed by atoms with E-state index in [9.17, 15) is 45.2 Å². The van der Waals surface area contributed by atoms with Crippen LogP contribution in [0.15, 0.2) is 50.0 Å². The van der Waals surface area contributed by atoms with Gasteiger partial charge in [0.15, 0.2) is 5.03 Å². The van der Waals surface area contributed by atoms with Gasteiger partial charge in [0, 0.05) is 18.0 Å². The summed E-state index contributed by atoms with van der Waals surface area (Å²) >= 11 is 8.17. The maximum absolute atomic E-state index is 14.3. The van der Waals surface area contributed by atoms with E-state index in [2.05, 4.69) is 24.7 Å². The molecule has 4 heterocycles. The first-order valence-corrected chi connectivity index (χ1v) is 18.7. The van der Waals surface area contributed by atoms with Crippen LogP contribution in [0.5, 0.6) is 11.8 Å². The second-order valence-corrected chi connectivity index (χ2v) is 14.4. The molecular formula is C29H27ClF4N8O10S3. The van der Waals surface area contributed by atoms with Gasteiger partial charge in [-0.05, 0) is 48.4 Å². The van der Waals surface area contributed by atoms with Crippen molar-refractivity contribution in [3.63, 3.8) is 0 Å². The first-order chi connectivity index (χ1) is 25.9. The zero-order valence-corrected chi connectivity index (χ0v) is 31.5. The molecule has 55 heavy (non-hydrogen) atoms. The molecule has 0 unspecified atom stereocenters. The number of esters is 1. The van der Waals surface area contributed by atoms with Gasteiger partial charge in [0.25, 0.3) is 10.0 Å². The summed E-state index contributed by atoms with van der Waals surface area (Å²) in [6.07, 6.45) is -3.17. The lowest BCUT2D eigenvalue weighted by molar-refractivity contribution is -0.141. The van der Waals surface area contributed by atoms with Crippen LogP contribution in [-0.2, 0) is 38.8 Å². The van der Waals surface area contributed by atoms with E-state index in [0.29, 0.717) is 34.9 Å². The van der Waals surface area contributed by atoms with Crippen molar-refractivity contribution in [2.45, 2.75) is 42.0 Å². The molecule has 3 aromatic heterocycles. The number of aromatic carboxylic acids is 1. The third kappa shape index (κ3) is 10.9. The lowest BCUT2D eigenvalue weighted by Crippen LogP contribution is -2.36. The molecule has 296 valence electrons.